The lowest BCUT2D eigenvalue weighted by Gasteiger charge is -2.13. The minimum absolute atomic E-state index is 0.0589. The SMILES string of the molecule is Nc1cccc(Cn2c(-c3ccccc3Cl)cc3ccc(C#CCCO)cc32)n1.Nc1cccc(Cn2c(-c3ccccc3Cl)cc3ccc(CCCCO)cc32)n1. The Labute approximate surface area is 348 Å². The number of aliphatic hydroxyl groups excluding tert-OH is 2. The molecule has 292 valence electrons. The van der Waals surface area contributed by atoms with Crippen LogP contribution in [0.15, 0.2) is 133 Å². The van der Waals surface area contributed by atoms with Crippen molar-refractivity contribution in [3.63, 3.8) is 0 Å². The van der Waals surface area contributed by atoms with E-state index in [0.717, 1.165) is 85.6 Å². The number of hydrogen-bond acceptors (Lipinski definition) is 6. The summed E-state index contributed by atoms with van der Waals surface area (Å²) >= 11 is 13.0. The molecule has 4 aromatic carbocycles. The number of hydrogen-bond donors (Lipinski definition) is 4. The maximum atomic E-state index is 9.07. The zero-order valence-electron chi connectivity index (χ0n) is 32.0. The van der Waals surface area contributed by atoms with E-state index in [1.54, 1.807) is 12.1 Å². The Morgan fingerprint density at radius 1 is 0.569 bits per heavy atom. The number of nitrogen functional groups attached to an aromatic ring is 2. The van der Waals surface area contributed by atoms with Gasteiger partial charge in [0, 0.05) is 56.1 Å². The molecule has 0 spiro atoms. The average Bonchev–Trinajstić information content (AvgIpc) is 3.76. The topological polar surface area (TPSA) is 128 Å². The molecule has 10 heteroatoms. The van der Waals surface area contributed by atoms with Crippen molar-refractivity contribution >= 4 is 56.6 Å². The molecular formula is C48H44Cl2N6O2. The van der Waals surface area contributed by atoms with E-state index in [4.69, 9.17) is 44.9 Å². The number of aliphatic hydroxyl groups is 2. The van der Waals surface area contributed by atoms with Crippen LogP contribution in [0.5, 0.6) is 0 Å². The fourth-order valence-electron chi connectivity index (χ4n) is 7.07. The van der Waals surface area contributed by atoms with E-state index in [-0.39, 0.29) is 13.2 Å². The molecule has 0 saturated carbocycles. The highest BCUT2D eigenvalue weighted by molar-refractivity contribution is 6.33. The molecule has 0 aliphatic carbocycles. The second-order valence-electron chi connectivity index (χ2n) is 13.9. The van der Waals surface area contributed by atoms with Crippen LogP contribution in [0.2, 0.25) is 10.0 Å². The Kier molecular flexibility index (Phi) is 13.1. The number of rotatable bonds is 11. The Hall–Kier alpha value is -6.08. The molecule has 58 heavy (non-hydrogen) atoms. The number of anilines is 2. The van der Waals surface area contributed by atoms with Crippen LogP contribution in [0.4, 0.5) is 11.6 Å². The molecule has 0 radical (unpaired) electrons. The number of nitrogens with two attached hydrogens (primary N) is 2. The molecule has 0 atom stereocenters. The highest BCUT2D eigenvalue weighted by Crippen LogP contribution is 2.35. The van der Waals surface area contributed by atoms with Crippen molar-refractivity contribution < 1.29 is 10.2 Å². The van der Waals surface area contributed by atoms with Crippen LogP contribution >= 0.6 is 23.2 Å². The van der Waals surface area contributed by atoms with Gasteiger partial charge in [0.2, 0.25) is 0 Å². The van der Waals surface area contributed by atoms with Crippen LogP contribution in [0, 0.1) is 11.8 Å². The quantitative estimate of drug-likeness (QED) is 0.0761. The van der Waals surface area contributed by atoms with Crippen molar-refractivity contribution in [2.75, 3.05) is 24.7 Å². The summed E-state index contributed by atoms with van der Waals surface area (Å²) in [5, 5.41) is 21.7. The van der Waals surface area contributed by atoms with E-state index in [9.17, 15) is 0 Å². The second-order valence-corrected chi connectivity index (χ2v) is 14.7. The summed E-state index contributed by atoms with van der Waals surface area (Å²) in [6.07, 6.45) is 3.19. The number of fused-ring (bicyclic) bond motifs is 2. The van der Waals surface area contributed by atoms with Crippen molar-refractivity contribution in [1.29, 1.82) is 0 Å². The van der Waals surface area contributed by atoms with Crippen molar-refractivity contribution in [3.05, 3.63) is 166 Å². The van der Waals surface area contributed by atoms with Gasteiger partial charge in [0.05, 0.1) is 48.0 Å². The molecule has 0 fully saturated rings. The molecule has 8 aromatic rings. The van der Waals surface area contributed by atoms with Crippen molar-refractivity contribution in [1.82, 2.24) is 19.1 Å². The Balaban J connectivity index is 0.000000177. The highest BCUT2D eigenvalue weighted by atomic mass is 35.5. The van der Waals surface area contributed by atoms with Gasteiger partial charge in [-0.15, -0.1) is 0 Å². The number of halogens is 2. The summed E-state index contributed by atoms with van der Waals surface area (Å²) in [5.74, 6) is 7.11. The molecule has 0 aliphatic rings. The Bertz CT molecular complexity index is 2750. The average molecular weight is 808 g/mol. The number of unbranched alkanes of at least 4 members (excludes halogenated alkanes) is 1. The van der Waals surface area contributed by atoms with Gasteiger partial charge in [-0.1, -0.05) is 102 Å². The second kappa shape index (κ2) is 18.9. The lowest BCUT2D eigenvalue weighted by atomic mass is 10.1. The van der Waals surface area contributed by atoms with Gasteiger partial charge in [-0.3, -0.25) is 0 Å². The summed E-state index contributed by atoms with van der Waals surface area (Å²) in [4.78, 5) is 8.95. The van der Waals surface area contributed by atoms with E-state index in [0.29, 0.717) is 36.2 Å². The van der Waals surface area contributed by atoms with Crippen LogP contribution in [0.3, 0.4) is 0 Å². The van der Waals surface area contributed by atoms with Gasteiger partial charge in [0.15, 0.2) is 0 Å². The monoisotopic (exact) mass is 806 g/mol. The minimum Gasteiger partial charge on any atom is -0.396 e. The fraction of sp³-hybridized carbons (Fsp3) is 0.167. The standard InChI is InChI=1S/C24H24ClN3O.C24H20ClN3O/c2*25-21-9-2-1-8-20(21)23-15-18-12-11-17(6-3-4-13-29)14-22(18)28(23)16-19-7-5-10-24(26)27-19/h1-2,5,7-12,14-15,29H,3-4,6,13,16H2,(H2,26,27);1-2,5,7-12,14-15,29H,4,13,16H2,(H2,26,27). The van der Waals surface area contributed by atoms with Crippen molar-refractivity contribution in [2.45, 2.75) is 38.8 Å². The number of nitrogens with zero attached hydrogens (tertiary/aromatic N) is 4. The molecule has 0 unspecified atom stereocenters. The number of benzene rings is 4. The van der Waals surface area contributed by atoms with E-state index >= 15 is 0 Å². The third kappa shape index (κ3) is 9.54. The highest BCUT2D eigenvalue weighted by Gasteiger charge is 2.16. The third-order valence-corrected chi connectivity index (χ3v) is 10.5. The van der Waals surface area contributed by atoms with E-state index < -0.39 is 0 Å². The van der Waals surface area contributed by atoms with Gasteiger partial charge in [-0.25, -0.2) is 9.97 Å². The molecule has 8 rings (SSSR count). The molecule has 6 N–H and O–H groups in total. The molecule has 0 saturated heterocycles. The summed E-state index contributed by atoms with van der Waals surface area (Å²) in [7, 11) is 0. The maximum Gasteiger partial charge on any atom is 0.123 e. The summed E-state index contributed by atoms with van der Waals surface area (Å²) in [6.45, 7) is 1.46. The van der Waals surface area contributed by atoms with Crippen LogP contribution in [-0.2, 0) is 19.5 Å². The molecule has 0 aliphatic heterocycles. The number of pyridine rings is 2. The predicted molar refractivity (Wildman–Crippen MR) is 239 cm³/mol. The molecule has 8 nitrogen and oxygen atoms in total. The lowest BCUT2D eigenvalue weighted by molar-refractivity contribution is 0.284. The zero-order chi connectivity index (χ0) is 40.4. The smallest absolute Gasteiger partial charge is 0.123 e. The zero-order valence-corrected chi connectivity index (χ0v) is 33.5. The third-order valence-electron chi connectivity index (χ3n) is 9.81. The fourth-order valence-corrected chi connectivity index (χ4v) is 7.54. The minimum atomic E-state index is 0.0589. The number of aryl methyl sites for hydroxylation is 1. The molecule has 0 amide bonds. The van der Waals surface area contributed by atoms with Crippen molar-refractivity contribution in [2.24, 2.45) is 0 Å². The van der Waals surface area contributed by atoms with Crippen molar-refractivity contribution in [3.8, 4) is 34.4 Å². The first kappa shape index (κ1) is 40.1. The largest absolute Gasteiger partial charge is 0.396 e. The maximum absolute atomic E-state index is 9.07. The van der Waals surface area contributed by atoms with Crippen LogP contribution in [0.1, 0.15) is 41.8 Å². The lowest BCUT2D eigenvalue weighted by Crippen LogP contribution is -2.05. The molecule has 0 bridgehead atoms. The Morgan fingerprint density at radius 2 is 1.12 bits per heavy atom. The van der Waals surface area contributed by atoms with Gasteiger partial charge in [-0.05, 0) is 91.6 Å². The van der Waals surface area contributed by atoms with Crippen LogP contribution in [-0.4, -0.2) is 42.5 Å². The van der Waals surface area contributed by atoms with Gasteiger partial charge >= 0.3 is 0 Å². The predicted octanol–water partition coefficient (Wildman–Crippen LogP) is 10.0. The van der Waals surface area contributed by atoms with Gasteiger partial charge in [0.25, 0.3) is 0 Å². The van der Waals surface area contributed by atoms with Crippen LogP contribution < -0.4 is 11.5 Å². The van der Waals surface area contributed by atoms with E-state index in [2.05, 4.69) is 73.4 Å². The first-order chi connectivity index (χ1) is 28.3. The molecule has 4 aromatic heterocycles. The summed E-state index contributed by atoms with van der Waals surface area (Å²) in [6, 6.07) is 44.1. The summed E-state index contributed by atoms with van der Waals surface area (Å²) < 4.78 is 4.45. The Morgan fingerprint density at radius 3 is 1.66 bits per heavy atom. The first-order valence-electron chi connectivity index (χ1n) is 19.2. The van der Waals surface area contributed by atoms with Gasteiger partial charge in [-0.2, -0.15) is 0 Å². The first-order valence-corrected chi connectivity index (χ1v) is 20.0. The summed E-state index contributed by atoms with van der Waals surface area (Å²) in [5.41, 5.74) is 21.9. The van der Waals surface area contributed by atoms with E-state index in [1.165, 1.54) is 5.56 Å². The molecular weight excluding hydrogens is 763 g/mol. The van der Waals surface area contributed by atoms with E-state index in [1.807, 2.05) is 78.9 Å². The van der Waals surface area contributed by atoms with Gasteiger partial charge in [0.1, 0.15) is 11.6 Å². The normalized spacial score (nSPS) is 11.0. The molecule has 4 heterocycles. The van der Waals surface area contributed by atoms with Crippen LogP contribution in [0.25, 0.3) is 44.3 Å². The number of aromatic nitrogens is 4. The van der Waals surface area contributed by atoms with Gasteiger partial charge < -0.3 is 30.8 Å².